The molecule has 2 rings (SSSR count). The monoisotopic (exact) mass is 318 g/mol. The predicted octanol–water partition coefficient (Wildman–Crippen LogP) is 1.21. The highest BCUT2D eigenvalue weighted by Crippen LogP contribution is 2.28. The van der Waals surface area contributed by atoms with Crippen LogP contribution in [-0.4, -0.2) is 49.2 Å². The number of rotatable bonds is 3. The molecule has 1 heterocycles. The molecule has 6 nitrogen and oxygen atoms in total. The Kier molecular flexibility index (Phi) is 4.28. The Morgan fingerprint density at radius 3 is 2.33 bits per heavy atom. The van der Waals surface area contributed by atoms with E-state index in [0.29, 0.717) is 6.42 Å². The third-order valence-corrected chi connectivity index (χ3v) is 5.82. The number of hydrogen-bond acceptors (Lipinski definition) is 5. The molecule has 1 saturated carbocycles. The first-order chi connectivity index (χ1) is 9.46. The number of sulfone groups is 1. The van der Waals surface area contributed by atoms with E-state index < -0.39 is 15.4 Å². The van der Waals surface area contributed by atoms with Crippen molar-refractivity contribution in [2.24, 2.45) is 0 Å². The summed E-state index contributed by atoms with van der Waals surface area (Å²) in [4.78, 5) is 11.6. The summed E-state index contributed by atoms with van der Waals surface area (Å²) < 4.78 is 28.3. The molecule has 7 heteroatoms. The van der Waals surface area contributed by atoms with Crippen molar-refractivity contribution in [1.82, 2.24) is 10.6 Å². The zero-order valence-corrected chi connectivity index (χ0v) is 14.0. The van der Waals surface area contributed by atoms with Gasteiger partial charge in [-0.1, -0.05) is 0 Å². The van der Waals surface area contributed by atoms with Crippen LogP contribution in [-0.2, 0) is 14.6 Å². The lowest BCUT2D eigenvalue weighted by Gasteiger charge is -2.41. The van der Waals surface area contributed by atoms with Crippen LogP contribution in [0.15, 0.2) is 0 Å². The lowest BCUT2D eigenvalue weighted by atomic mass is 9.84. The Labute approximate surface area is 126 Å². The van der Waals surface area contributed by atoms with Crippen LogP contribution in [0.2, 0.25) is 0 Å². The van der Waals surface area contributed by atoms with Gasteiger partial charge < -0.3 is 15.4 Å². The van der Waals surface area contributed by atoms with Crippen LogP contribution in [0.25, 0.3) is 0 Å². The summed E-state index contributed by atoms with van der Waals surface area (Å²) in [6, 6.07) is 0.377. The molecule has 2 fully saturated rings. The Balaban J connectivity index is 1.72. The van der Waals surface area contributed by atoms with Crippen LogP contribution < -0.4 is 10.6 Å². The van der Waals surface area contributed by atoms with Gasteiger partial charge >= 0.3 is 6.09 Å². The molecule has 122 valence electrons. The summed E-state index contributed by atoms with van der Waals surface area (Å²) in [5.74, 6) is 0.476. The molecule has 0 spiro atoms. The van der Waals surface area contributed by atoms with Crippen LogP contribution in [0.3, 0.4) is 0 Å². The van der Waals surface area contributed by atoms with Gasteiger partial charge in [-0.15, -0.1) is 0 Å². The molecular weight excluding hydrogens is 292 g/mol. The number of nitrogens with one attached hydrogen (secondary N) is 2. The highest BCUT2D eigenvalue weighted by Gasteiger charge is 2.42. The van der Waals surface area contributed by atoms with Crippen LogP contribution in [0.1, 0.15) is 47.0 Å². The topological polar surface area (TPSA) is 84.5 Å². The third-order valence-electron chi connectivity index (χ3n) is 3.91. The number of hydrogen-bond donors (Lipinski definition) is 2. The first kappa shape index (κ1) is 16.5. The average molecular weight is 318 g/mol. The molecule has 0 aromatic carbocycles. The summed E-state index contributed by atoms with van der Waals surface area (Å²) in [7, 11) is -2.89. The van der Waals surface area contributed by atoms with E-state index in [2.05, 4.69) is 10.6 Å². The van der Waals surface area contributed by atoms with Crippen LogP contribution in [0.4, 0.5) is 4.79 Å². The van der Waals surface area contributed by atoms with E-state index in [4.69, 9.17) is 4.74 Å². The van der Waals surface area contributed by atoms with Crippen molar-refractivity contribution in [1.29, 1.82) is 0 Å². The molecule has 21 heavy (non-hydrogen) atoms. The quantitative estimate of drug-likeness (QED) is 0.817. The lowest BCUT2D eigenvalue weighted by molar-refractivity contribution is 0.0459. The zero-order chi connectivity index (χ0) is 15.9. The Morgan fingerprint density at radius 2 is 1.86 bits per heavy atom. The molecule has 1 amide bonds. The van der Waals surface area contributed by atoms with Gasteiger partial charge in [0.25, 0.3) is 0 Å². The van der Waals surface area contributed by atoms with Crippen LogP contribution >= 0.6 is 0 Å². The van der Waals surface area contributed by atoms with Crippen LogP contribution in [0.5, 0.6) is 0 Å². The normalized spacial score (nSPS) is 35.0. The van der Waals surface area contributed by atoms with Crippen molar-refractivity contribution in [3.8, 4) is 0 Å². The van der Waals surface area contributed by atoms with Gasteiger partial charge in [0.05, 0.1) is 11.5 Å². The van der Waals surface area contributed by atoms with E-state index in [9.17, 15) is 13.2 Å². The molecular formula is C14H26N2O4S. The summed E-state index contributed by atoms with van der Waals surface area (Å²) in [6.45, 7) is 7.46. The second kappa shape index (κ2) is 5.43. The fraction of sp³-hybridized carbons (Fsp3) is 0.929. The molecule has 0 aromatic heterocycles. The van der Waals surface area contributed by atoms with Gasteiger partial charge in [-0.25, -0.2) is 13.2 Å². The highest BCUT2D eigenvalue weighted by molar-refractivity contribution is 7.91. The van der Waals surface area contributed by atoms with Gasteiger partial charge in [0, 0.05) is 17.6 Å². The van der Waals surface area contributed by atoms with Crippen LogP contribution in [0, 0.1) is 0 Å². The van der Waals surface area contributed by atoms with Gasteiger partial charge in [-0.2, -0.15) is 0 Å². The summed E-state index contributed by atoms with van der Waals surface area (Å²) in [5, 5.41) is 6.26. The molecule has 0 radical (unpaired) electrons. The molecule has 0 aromatic rings. The van der Waals surface area contributed by atoms with Crippen molar-refractivity contribution in [2.75, 3.05) is 11.5 Å². The highest BCUT2D eigenvalue weighted by atomic mass is 32.2. The largest absolute Gasteiger partial charge is 0.444 e. The fourth-order valence-corrected chi connectivity index (χ4v) is 5.05. The van der Waals surface area contributed by atoms with E-state index in [1.807, 2.05) is 27.7 Å². The predicted molar refractivity (Wildman–Crippen MR) is 81.0 cm³/mol. The minimum Gasteiger partial charge on any atom is -0.444 e. The first-order valence-corrected chi connectivity index (χ1v) is 9.26. The minimum absolute atomic E-state index is 0.110. The zero-order valence-electron chi connectivity index (χ0n) is 13.2. The standard InChI is InChI=1S/C14H26N2O4S/c1-13(2,3)20-12(17)15-10-7-11(8-10)16-14(4)5-6-21(18,19)9-14/h10-11,16H,5-9H2,1-4H3,(H,15,17). The number of alkyl carbamates (subject to hydrolysis) is 1. The second-order valence-electron chi connectivity index (χ2n) is 7.56. The molecule has 1 saturated heterocycles. The maximum Gasteiger partial charge on any atom is 0.407 e. The molecule has 1 atom stereocenters. The SMILES string of the molecule is CC1(NC2CC(NC(=O)OC(C)(C)C)C2)CCS(=O)(=O)C1. The Bertz CT molecular complexity index is 506. The number of amides is 1. The molecule has 1 unspecified atom stereocenters. The Morgan fingerprint density at radius 1 is 1.24 bits per heavy atom. The maximum atomic E-state index is 11.6. The molecule has 2 aliphatic rings. The number of ether oxygens (including phenoxy) is 1. The van der Waals surface area contributed by atoms with E-state index in [1.54, 1.807) is 0 Å². The van der Waals surface area contributed by atoms with Gasteiger partial charge in [0.2, 0.25) is 0 Å². The van der Waals surface area contributed by atoms with Gasteiger partial charge in [-0.3, -0.25) is 0 Å². The summed E-state index contributed by atoms with van der Waals surface area (Å²) >= 11 is 0. The van der Waals surface area contributed by atoms with E-state index in [-0.39, 0.29) is 35.2 Å². The number of carbonyl (C=O) groups is 1. The van der Waals surface area contributed by atoms with E-state index in [1.165, 1.54) is 0 Å². The third kappa shape index (κ3) is 4.85. The fourth-order valence-electron chi connectivity index (χ4n) is 2.94. The Hall–Kier alpha value is -0.820. The van der Waals surface area contributed by atoms with Gasteiger partial charge in [0.15, 0.2) is 9.84 Å². The van der Waals surface area contributed by atoms with Crippen molar-refractivity contribution < 1.29 is 17.9 Å². The second-order valence-corrected chi connectivity index (χ2v) is 9.74. The van der Waals surface area contributed by atoms with E-state index in [0.717, 1.165) is 12.8 Å². The molecule has 1 aliphatic heterocycles. The molecule has 2 N–H and O–H groups in total. The average Bonchev–Trinajstić information content (AvgIpc) is 2.47. The summed E-state index contributed by atoms with van der Waals surface area (Å²) in [5.41, 5.74) is -0.808. The molecule has 0 bridgehead atoms. The van der Waals surface area contributed by atoms with Crippen molar-refractivity contribution in [3.63, 3.8) is 0 Å². The maximum absolute atomic E-state index is 11.6. The van der Waals surface area contributed by atoms with E-state index >= 15 is 0 Å². The summed E-state index contributed by atoms with van der Waals surface area (Å²) in [6.07, 6.45) is 1.90. The van der Waals surface area contributed by atoms with Gasteiger partial charge in [-0.05, 0) is 47.0 Å². The van der Waals surface area contributed by atoms with Gasteiger partial charge in [0.1, 0.15) is 5.60 Å². The lowest BCUT2D eigenvalue weighted by Crippen LogP contribution is -2.59. The smallest absolute Gasteiger partial charge is 0.407 e. The van der Waals surface area contributed by atoms with Crippen molar-refractivity contribution >= 4 is 15.9 Å². The first-order valence-electron chi connectivity index (χ1n) is 7.44. The molecule has 1 aliphatic carbocycles. The number of carbonyl (C=O) groups excluding carboxylic acids is 1. The van der Waals surface area contributed by atoms with Crippen molar-refractivity contribution in [2.45, 2.75) is 70.2 Å². The minimum atomic E-state index is -2.89. The van der Waals surface area contributed by atoms with Crippen molar-refractivity contribution in [3.05, 3.63) is 0 Å².